The molecule has 2 nitrogen and oxygen atoms in total. The molecule has 0 unspecified atom stereocenters. The predicted octanol–water partition coefficient (Wildman–Crippen LogP) is 4.81. The average molecular weight is 320 g/mol. The van der Waals surface area contributed by atoms with Crippen molar-refractivity contribution in [3.63, 3.8) is 0 Å². The normalized spacial score (nSPS) is 10.0. The van der Waals surface area contributed by atoms with Gasteiger partial charge in [0.25, 0.3) is 0 Å². The molecule has 0 spiro atoms. The molecule has 2 aromatic carbocycles. The van der Waals surface area contributed by atoms with Crippen molar-refractivity contribution in [2.75, 3.05) is 0 Å². The van der Waals surface area contributed by atoms with E-state index in [1.165, 1.54) is 12.1 Å². The van der Waals surface area contributed by atoms with Crippen molar-refractivity contribution in [2.45, 2.75) is 13.3 Å². The van der Waals surface area contributed by atoms with Crippen LogP contribution in [-0.2, 0) is 6.42 Å². The summed E-state index contributed by atoms with van der Waals surface area (Å²) in [5.74, 6) is 0.106. The number of ether oxygens (including phenoxy) is 1. The highest BCUT2D eigenvalue weighted by Crippen LogP contribution is 2.31. The van der Waals surface area contributed by atoms with Crippen molar-refractivity contribution >= 4 is 15.9 Å². The van der Waals surface area contributed by atoms with Gasteiger partial charge in [-0.3, -0.25) is 0 Å². The number of rotatable bonds is 3. The summed E-state index contributed by atoms with van der Waals surface area (Å²) in [5.41, 5.74) is 1.36. The standard InChI is InChI=1S/C15H11BrFNO/c1-2-10-4-3-5-12(8-10)19-13-7-6-11(9-18)14(16)15(13)17/h3-8H,2H2,1H3. The van der Waals surface area contributed by atoms with Gasteiger partial charge in [0.15, 0.2) is 11.6 Å². The highest BCUT2D eigenvalue weighted by atomic mass is 79.9. The number of aryl methyl sites for hydroxylation is 1. The molecular weight excluding hydrogens is 309 g/mol. The van der Waals surface area contributed by atoms with E-state index in [0.717, 1.165) is 12.0 Å². The summed E-state index contributed by atoms with van der Waals surface area (Å²) < 4.78 is 19.6. The number of hydrogen-bond acceptors (Lipinski definition) is 2. The van der Waals surface area contributed by atoms with Crippen LogP contribution in [0.25, 0.3) is 0 Å². The molecule has 0 saturated carbocycles. The molecule has 96 valence electrons. The summed E-state index contributed by atoms with van der Waals surface area (Å²) in [6, 6.07) is 12.4. The van der Waals surface area contributed by atoms with Crippen LogP contribution in [0.1, 0.15) is 18.1 Å². The van der Waals surface area contributed by atoms with Crippen LogP contribution in [0.4, 0.5) is 4.39 Å². The first-order valence-electron chi connectivity index (χ1n) is 5.80. The Morgan fingerprint density at radius 3 is 2.79 bits per heavy atom. The molecule has 0 atom stereocenters. The third-order valence-electron chi connectivity index (χ3n) is 2.70. The molecule has 0 fully saturated rings. The van der Waals surface area contributed by atoms with Crippen LogP contribution >= 0.6 is 15.9 Å². The van der Waals surface area contributed by atoms with Crippen LogP contribution in [0.15, 0.2) is 40.9 Å². The quantitative estimate of drug-likeness (QED) is 0.813. The van der Waals surface area contributed by atoms with Crippen LogP contribution in [0.5, 0.6) is 11.5 Å². The Labute approximate surface area is 119 Å². The maximum atomic E-state index is 14.0. The fraction of sp³-hybridized carbons (Fsp3) is 0.133. The van der Waals surface area contributed by atoms with Crippen molar-refractivity contribution in [2.24, 2.45) is 0 Å². The van der Waals surface area contributed by atoms with E-state index in [2.05, 4.69) is 15.9 Å². The SMILES string of the molecule is CCc1cccc(Oc2ccc(C#N)c(Br)c2F)c1. The second-order valence-electron chi connectivity index (χ2n) is 3.95. The minimum absolute atomic E-state index is 0.0964. The first-order valence-corrected chi connectivity index (χ1v) is 6.60. The van der Waals surface area contributed by atoms with E-state index in [9.17, 15) is 4.39 Å². The highest BCUT2D eigenvalue weighted by molar-refractivity contribution is 9.10. The van der Waals surface area contributed by atoms with Gasteiger partial charge < -0.3 is 4.74 Å². The molecule has 0 aliphatic carbocycles. The average Bonchev–Trinajstić information content (AvgIpc) is 2.44. The van der Waals surface area contributed by atoms with Crippen LogP contribution in [0.2, 0.25) is 0 Å². The number of nitriles is 1. The Hall–Kier alpha value is -1.86. The Morgan fingerprint density at radius 2 is 2.11 bits per heavy atom. The fourth-order valence-electron chi connectivity index (χ4n) is 1.65. The van der Waals surface area contributed by atoms with Crippen LogP contribution in [0.3, 0.4) is 0 Å². The second-order valence-corrected chi connectivity index (χ2v) is 4.75. The second kappa shape index (κ2) is 5.85. The first kappa shape index (κ1) is 13.6. The summed E-state index contributed by atoms with van der Waals surface area (Å²) in [6.45, 7) is 2.04. The van der Waals surface area contributed by atoms with Crippen molar-refractivity contribution in [3.05, 3.63) is 57.8 Å². The van der Waals surface area contributed by atoms with Crippen LogP contribution < -0.4 is 4.74 Å². The summed E-state index contributed by atoms with van der Waals surface area (Å²) >= 11 is 3.06. The van der Waals surface area contributed by atoms with Gasteiger partial charge in [-0.25, -0.2) is 4.39 Å². The minimum atomic E-state index is -0.569. The van der Waals surface area contributed by atoms with Gasteiger partial charge in [-0.1, -0.05) is 19.1 Å². The topological polar surface area (TPSA) is 33.0 Å². The van der Waals surface area contributed by atoms with Gasteiger partial charge in [-0.05, 0) is 52.2 Å². The molecule has 0 radical (unpaired) electrons. The third-order valence-corrected chi connectivity index (χ3v) is 3.48. The summed E-state index contributed by atoms with van der Waals surface area (Å²) in [6.07, 6.45) is 0.886. The van der Waals surface area contributed by atoms with Gasteiger partial charge in [0.05, 0.1) is 10.0 Å². The largest absolute Gasteiger partial charge is 0.454 e. The first-order chi connectivity index (χ1) is 9.15. The Kier molecular flexibility index (Phi) is 4.18. The molecule has 0 aliphatic rings. The van der Waals surface area contributed by atoms with Crippen molar-refractivity contribution < 1.29 is 9.13 Å². The van der Waals surface area contributed by atoms with Gasteiger partial charge in [0.2, 0.25) is 0 Å². The monoisotopic (exact) mass is 319 g/mol. The maximum absolute atomic E-state index is 14.0. The minimum Gasteiger partial charge on any atom is -0.454 e. The molecule has 4 heteroatoms. The molecule has 2 rings (SSSR count). The van der Waals surface area contributed by atoms with E-state index in [4.69, 9.17) is 10.00 Å². The van der Waals surface area contributed by atoms with E-state index in [1.54, 1.807) is 6.07 Å². The summed E-state index contributed by atoms with van der Waals surface area (Å²) in [4.78, 5) is 0. The van der Waals surface area contributed by atoms with Crippen molar-refractivity contribution in [3.8, 4) is 17.6 Å². The van der Waals surface area contributed by atoms with Crippen molar-refractivity contribution in [1.82, 2.24) is 0 Å². The molecule has 0 saturated heterocycles. The lowest BCUT2D eigenvalue weighted by Gasteiger charge is -2.09. The molecule has 0 bridgehead atoms. The molecule has 0 amide bonds. The zero-order valence-electron chi connectivity index (χ0n) is 10.3. The van der Waals surface area contributed by atoms with E-state index >= 15 is 0 Å². The van der Waals surface area contributed by atoms with Crippen molar-refractivity contribution in [1.29, 1.82) is 5.26 Å². The zero-order valence-corrected chi connectivity index (χ0v) is 11.9. The number of nitrogens with zero attached hydrogens (tertiary/aromatic N) is 1. The smallest absolute Gasteiger partial charge is 0.181 e. The third kappa shape index (κ3) is 2.94. The molecule has 0 heterocycles. The molecule has 19 heavy (non-hydrogen) atoms. The lowest BCUT2D eigenvalue weighted by Crippen LogP contribution is -1.92. The van der Waals surface area contributed by atoms with Gasteiger partial charge in [0, 0.05) is 0 Å². The Morgan fingerprint density at radius 1 is 1.32 bits per heavy atom. The van der Waals surface area contributed by atoms with Gasteiger partial charge in [-0.2, -0.15) is 5.26 Å². The predicted molar refractivity (Wildman–Crippen MR) is 74.7 cm³/mol. The van der Waals surface area contributed by atoms with Gasteiger partial charge in [-0.15, -0.1) is 0 Å². The summed E-state index contributed by atoms with van der Waals surface area (Å²) in [5, 5.41) is 8.80. The molecule has 0 aliphatic heterocycles. The molecular formula is C15H11BrFNO. The van der Waals surface area contributed by atoms with E-state index < -0.39 is 5.82 Å². The highest BCUT2D eigenvalue weighted by Gasteiger charge is 2.12. The fourth-order valence-corrected chi connectivity index (χ4v) is 2.07. The van der Waals surface area contributed by atoms with E-state index in [-0.39, 0.29) is 15.8 Å². The number of halogens is 2. The lowest BCUT2D eigenvalue weighted by molar-refractivity contribution is 0.440. The zero-order chi connectivity index (χ0) is 13.8. The van der Waals surface area contributed by atoms with Crippen LogP contribution in [0, 0.1) is 17.1 Å². The summed E-state index contributed by atoms with van der Waals surface area (Å²) in [7, 11) is 0. The van der Waals surface area contributed by atoms with Gasteiger partial charge >= 0.3 is 0 Å². The number of hydrogen-bond donors (Lipinski definition) is 0. The maximum Gasteiger partial charge on any atom is 0.181 e. The van der Waals surface area contributed by atoms with E-state index in [1.807, 2.05) is 31.2 Å². The lowest BCUT2D eigenvalue weighted by atomic mass is 10.1. The molecule has 0 aromatic heterocycles. The molecule has 2 aromatic rings. The Bertz CT molecular complexity index is 649. The van der Waals surface area contributed by atoms with Crippen LogP contribution in [-0.4, -0.2) is 0 Å². The molecule has 0 N–H and O–H groups in total. The van der Waals surface area contributed by atoms with Gasteiger partial charge in [0.1, 0.15) is 11.8 Å². The number of benzene rings is 2. The van der Waals surface area contributed by atoms with E-state index in [0.29, 0.717) is 5.75 Å². The Balaban J connectivity index is 2.34.